The molecule has 0 aromatic carbocycles. The Morgan fingerprint density at radius 1 is 1.38 bits per heavy atom. The van der Waals surface area contributed by atoms with Crippen LogP contribution < -0.4 is 0 Å². The Balaban J connectivity index is 1.91. The number of ether oxygens (including phenoxy) is 1. The fraction of sp³-hybridized carbons (Fsp3) is 0.533. The number of methoxy groups -OCH3 is 1. The van der Waals surface area contributed by atoms with Crippen LogP contribution in [0.1, 0.15) is 24.3 Å². The number of aryl methyl sites for hydroxylation is 1. The Morgan fingerprint density at radius 3 is 2.73 bits per heavy atom. The van der Waals surface area contributed by atoms with Gasteiger partial charge in [0, 0.05) is 26.3 Å². The van der Waals surface area contributed by atoms with Crippen molar-refractivity contribution in [3.8, 4) is 11.5 Å². The number of hydrogen-bond donors (Lipinski definition) is 1. The molecule has 1 fully saturated rings. The van der Waals surface area contributed by atoms with Crippen molar-refractivity contribution in [3.63, 3.8) is 0 Å². The van der Waals surface area contributed by atoms with Crippen molar-refractivity contribution in [3.05, 3.63) is 23.6 Å². The third-order valence-corrected chi connectivity index (χ3v) is 6.27. The average molecular weight is 393 g/mol. The molecule has 7 nitrogen and oxygen atoms in total. The lowest BCUT2D eigenvalue weighted by Gasteiger charge is -2.30. The second-order valence-electron chi connectivity index (χ2n) is 6.06. The quantitative estimate of drug-likeness (QED) is 0.863. The molecule has 0 saturated carbocycles. The van der Waals surface area contributed by atoms with Crippen molar-refractivity contribution in [1.82, 2.24) is 14.5 Å². The molecule has 26 heavy (non-hydrogen) atoms. The van der Waals surface area contributed by atoms with Gasteiger partial charge in [-0.2, -0.15) is 22.6 Å². The Morgan fingerprint density at radius 2 is 2.12 bits per heavy atom. The molecule has 0 radical (unpaired) electrons. The molecule has 0 bridgehead atoms. The van der Waals surface area contributed by atoms with Gasteiger partial charge in [-0.25, -0.2) is 8.42 Å². The van der Waals surface area contributed by atoms with Crippen LogP contribution in [-0.2, 0) is 20.9 Å². The summed E-state index contributed by atoms with van der Waals surface area (Å²) in [7, 11) is -2.32. The lowest BCUT2D eigenvalue weighted by molar-refractivity contribution is -0.141. The molecule has 1 aliphatic heterocycles. The van der Waals surface area contributed by atoms with Crippen LogP contribution in [-0.4, -0.2) is 49.2 Å². The summed E-state index contributed by atoms with van der Waals surface area (Å²) in [4.78, 5) is -0.0826. The first-order valence-corrected chi connectivity index (χ1v) is 9.33. The number of sulfonamides is 1. The van der Waals surface area contributed by atoms with E-state index in [0.717, 1.165) is 12.5 Å². The maximum Gasteiger partial charge on any atom is 0.432 e. The third kappa shape index (κ3) is 3.51. The standard InChI is InChI=1S/C15H18F3N3O4S/c1-9-13(26(22,23)21-5-3-4-10(8-21)24-2)7-12(25-9)11-6-14(20-19-11)15(16,17)18/h6-7,10H,3-5,8H2,1-2H3,(H,19,20). The van der Waals surface area contributed by atoms with E-state index in [1.54, 1.807) is 0 Å². The zero-order valence-corrected chi connectivity index (χ0v) is 14.9. The van der Waals surface area contributed by atoms with Crippen LogP contribution >= 0.6 is 0 Å². The zero-order valence-electron chi connectivity index (χ0n) is 14.1. The Labute approximate surface area is 148 Å². The molecule has 0 spiro atoms. The third-order valence-electron chi connectivity index (χ3n) is 4.30. The largest absolute Gasteiger partial charge is 0.458 e. The molecule has 3 heterocycles. The number of nitrogens with one attached hydrogen (secondary N) is 1. The number of alkyl halides is 3. The summed E-state index contributed by atoms with van der Waals surface area (Å²) in [6.45, 7) is 2.02. The van der Waals surface area contributed by atoms with E-state index in [9.17, 15) is 21.6 Å². The van der Waals surface area contributed by atoms with Gasteiger partial charge in [0.2, 0.25) is 10.0 Å². The van der Waals surface area contributed by atoms with Gasteiger partial charge in [-0.05, 0) is 25.8 Å². The molecule has 1 saturated heterocycles. The minimum atomic E-state index is -4.58. The molecule has 2 aromatic heterocycles. The Kier molecular flexibility index (Phi) is 4.88. The van der Waals surface area contributed by atoms with Gasteiger partial charge in [0.05, 0.1) is 6.10 Å². The normalized spacial score (nSPS) is 19.8. The number of nitrogens with zero attached hydrogens (tertiary/aromatic N) is 2. The lowest BCUT2D eigenvalue weighted by Crippen LogP contribution is -2.42. The summed E-state index contributed by atoms with van der Waals surface area (Å²) in [5.74, 6) is 0.0456. The van der Waals surface area contributed by atoms with Crippen LogP contribution in [0.4, 0.5) is 13.2 Å². The first-order valence-electron chi connectivity index (χ1n) is 7.89. The molecule has 144 valence electrons. The molecule has 1 aliphatic rings. The molecule has 0 aliphatic carbocycles. The van der Waals surface area contributed by atoms with Crippen LogP contribution in [0, 0.1) is 6.92 Å². The molecule has 2 aromatic rings. The predicted molar refractivity (Wildman–Crippen MR) is 84.8 cm³/mol. The van der Waals surface area contributed by atoms with Crippen molar-refractivity contribution < 1.29 is 30.7 Å². The first kappa shape index (κ1) is 18.9. The first-order chi connectivity index (χ1) is 12.1. The van der Waals surface area contributed by atoms with E-state index in [-0.39, 0.29) is 34.8 Å². The number of aromatic nitrogens is 2. The molecule has 0 amide bonds. The molecule has 1 atom stereocenters. The van der Waals surface area contributed by atoms with E-state index >= 15 is 0 Å². The molecule has 3 rings (SSSR count). The predicted octanol–water partition coefficient (Wildman–Crippen LogP) is 2.80. The Hall–Kier alpha value is -1.85. The number of hydrogen-bond acceptors (Lipinski definition) is 5. The van der Waals surface area contributed by atoms with Gasteiger partial charge < -0.3 is 9.15 Å². The minimum absolute atomic E-state index is 0.0480. The molecular formula is C15H18F3N3O4S. The van der Waals surface area contributed by atoms with Crippen molar-refractivity contribution in [1.29, 1.82) is 0 Å². The highest BCUT2D eigenvalue weighted by molar-refractivity contribution is 7.89. The van der Waals surface area contributed by atoms with E-state index in [2.05, 4.69) is 5.10 Å². The van der Waals surface area contributed by atoms with Crippen LogP contribution in [0.25, 0.3) is 11.5 Å². The molecule has 1 N–H and O–H groups in total. The van der Waals surface area contributed by atoms with Crippen LogP contribution in [0.15, 0.2) is 21.4 Å². The van der Waals surface area contributed by atoms with Gasteiger partial charge in [0.1, 0.15) is 22.0 Å². The second-order valence-corrected chi connectivity index (χ2v) is 7.97. The van der Waals surface area contributed by atoms with E-state index in [0.29, 0.717) is 13.0 Å². The monoisotopic (exact) mass is 393 g/mol. The number of halogens is 3. The van der Waals surface area contributed by atoms with Crippen molar-refractivity contribution in [2.75, 3.05) is 20.2 Å². The SMILES string of the molecule is COC1CCCN(S(=O)(=O)c2cc(-c3cc(C(F)(F)F)[nH]n3)oc2C)C1. The summed E-state index contributed by atoms with van der Waals surface area (Å²) in [6.07, 6.45) is -3.34. The van der Waals surface area contributed by atoms with Crippen molar-refractivity contribution in [2.24, 2.45) is 0 Å². The number of rotatable bonds is 4. The van der Waals surface area contributed by atoms with E-state index < -0.39 is 21.9 Å². The summed E-state index contributed by atoms with van der Waals surface area (Å²) < 4.78 is 75.7. The zero-order chi connectivity index (χ0) is 19.1. The second kappa shape index (κ2) is 6.71. The van der Waals surface area contributed by atoms with Crippen molar-refractivity contribution >= 4 is 10.0 Å². The highest BCUT2D eigenvalue weighted by Gasteiger charge is 2.35. The number of H-pyrrole nitrogens is 1. The van der Waals surface area contributed by atoms with Gasteiger partial charge in [-0.1, -0.05) is 0 Å². The van der Waals surface area contributed by atoms with Crippen molar-refractivity contribution in [2.45, 2.75) is 36.9 Å². The van der Waals surface area contributed by atoms with E-state index in [1.165, 1.54) is 24.4 Å². The van der Waals surface area contributed by atoms with Crippen LogP contribution in [0.5, 0.6) is 0 Å². The minimum Gasteiger partial charge on any atom is -0.458 e. The van der Waals surface area contributed by atoms with Crippen LogP contribution in [0.3, 0.4) is 0 Å². The lowest BCUT2D eigenvalue weighted by atomic mass is 10.1. The highest BCUT2D eigenvalue weighted by Crippen LogP contribution is 2.34. The topological polar surface area (TPSA) is 88.4 Å². The fourth-order valence-corrected chi connectivity index (χ4v) is 4.57. The van der Waals surface area contributed by atoms with E-state index in [4.69, 9.17) is 9.15 Å². The molecular weight excluding hydrogens is 375 g/mol. The summed E-state index contributed by atoms with van der Waals surface area (Å²) in [6, 6.07) is 1.98. The van der Waals surface area contributed by atoms with Gasteiger partial charge in [0.25, 0.3) is 0 Å². The number of aromatic amines is 1. The maximum atomic E-state index is 12.9. The summed E-state index contributed by atoms with van der Waals surface area (Å²) in [5.41, 5.74) is -1.15. The van der Waals surface area contributed by atoms with Crippen LogP contribution in [0.2, 0.25) is 0 Å². The maximum absolute atomic E-state index is 12.9. The van der Waals surface area contributed by atoms with Gasteiger partial charge in [0.15, 0.2) is 5.76 Å². The number of furan rings is 1. The fourth-order valence-electron chi connectivity index (χ4n) is 2.90. The Bertz CT molecular complexity index is 888. The summed E-state index contributed by atoms with van der Waals surface area (Å²) >= 11 is 0. The van der Waals surface area contributed by atoms with Gasteiger partial charge >= 0.3 is 6.18 Å². The van der Waals surface area contributed by atoms with E-state index in [1.807, 2.05) is 5.10 Å². The van der Waals surface area contributed by atoms with Gasteiger partial charge in [-0.15, -0.1) is 0 Å². The number of piperidine rings is 1. The molecule has 1 unspecified atom stereocenters. The highest BCUT2D eigenvalue weighted by atomic mass is 32.2. The van der Waals surface area contributed by atoms with Gasteiger partial charge in [-0.3, -0.25) is 5.10 Å². The smallest absolute Gasteiger partial charge is 0.432 e. The average Bonchev–Trinajstić information content (AvgIpc) is 3.21. The molecule has 11 heteroatoms. The summed E-state index contributed by atoms with van der Waals surface area (Å²) in [5, 5.41) is 5.44.